The molecule has 0 aliphatic carbocycles. The maximum atomic E-state index is 13.4. The molecule has 1 rings (SSSR count). The van der Waals surface area contributed by atoms with Crippen molar-refractivity contribution in [2.45, 2.75) is 307 Å². The van der Waals surface area contributed by atoms with Crippen molar-refractivity contribution in [1.29, 1.82) is 0 Å². The minimum Gasteiger partial charge on any atom is -0.454 e. The van der Waals surface area contributed by atoms with Gasteiger partial charge >= 0.3 is 5.97 Å². The molecule has 0 bridgehead atoms. The molecular formula is C62H111NO10. The van der Waals surface area contributed by atoms with Crippen molar-refractivity contribution in [2.75, 3.05) is 13.2 Å². The Labute approximate surface area is 446 Å². The lowest BCUT2D eigenvalue weighted by Gasteiger charge is -2.41. The average molecular weight is 1030 g/mol. The van der Waals surface area contributed by atoms with Gasteiger partial charge in [0.2, 0.25) is 5.91 Å². The Morgan fingerprint density at radius 3 is 1.44 bits per heavy atom. The number of hydrogen-bond acceptors (Lipinski definition) is 10. The van der Waals surface area contributed by atoms with E-state index < -0.39 is 67.4 Å². The van der Waals surface area contributed by atoms with Crippen LogP contribution in [-0.2, 0) is 23.8 Å². The van der Waals surface area contributed by atoms with Gasteiger partial charge in [-0.3, -0.25) is 9.59 Å². The first-order chi connectivity index (χ1) is 35.7. The van der Waals surface area contributed by atoms with Crippen molar-refractivity contribution in [3.05, 3.63) is 60.8 Å². The van der Waals surface area contributed by atoms with Crippen LogP contribution in [0.1, 0.15) is 258 Å². The minimum absolute atomic E-state index is 0.0858. The highest BCUT2D eigenvalue weighted by atomic mass is 16.7. The number of ether oxygens (including phenoxy) is 3. The van der Waals surface area contributed by atoms with E-state index in [1.165, 1.54) is 135 Å². The first kappa shape index (κ1) is 68.4. The predicted octanol–water partition coefficient (Wildman–Crippen LogP) is 13.8. The summed E-state index contributed by atoms with van der Waals surface area (Å²) in [6, 6.07) is -1.03. The molecule has 1 aliphatic heterocycles. The van der Waals surface area contributed by atoms with Gasteiger partial charge in [-0.15, -0.1) is 0 Å². The first-order valence-corrected chi connectivity index (χ1v) is 30.1. The quantitative estimate of drug-likeness (QED) is 0.0195. The van der Waals surface area contributed by atoms with Crippen LogP contribution in [0.15, 0.2) is 60.8 Å². The van der Waals surface area contributed by atoms with Crippen LogP contribution >= 0.6 is 0 Å². The molecule has 11 heteroatoms. The Kier molecular flexibility index (Phi) is 47.0. The van der Waals surface area contributed by atoms with E-state index in [2.05, 4.69) is 74.7 Å². The van der Waals surface area contributed by atoms with Gasteiger partial charge in [0.1, 0.15) is 24.4 Å². The topological polar surface area (TPSA) is 175 Å². The molecule has 1 aliphatic rings. The third-order valence-corrected chi connectivity index (χ3v) is 13.9. The molecule has 1 amide bonds. The summed E-state index contributed by atoms with van der Waals surface area (Å²) in [6.07, 6.45) is 51.1. The minimum atomic E-state index is -1.63. The Bertz CT molecular complexity index is 1420. The van der Waals surface area contributed by atoms with Crippen LogP contribution in [0.4, 0.5) is 0 Å². The molecule has 0 spiro atoms. The number of hydrogen-bond donors (Lipinski definition) is 6. The van der Waals surface area contributed by atoms with E-state index in [0.29, 0.717) is 19.3 Å². The van der Waals surface area contributed by atoms with E-state index in [1.807, 2.05) is 6.08 Å². The van der Waals surface area contributed by atoms with Crippen LogP contribution in [0.25, 0.3) is 0 Å². The number of carbonyl (C=O) groups excluding carboxylic acids is 2. The molecule has 0 aromatic rings. The van der Waals surface area contributed by atoms with Crippen LogP contribution < -0.4 is 5.32 Å². The second-order valence-electron chi connectivity index (χ2n) is 20.7. The Hall–Kier alpha value is -2.64. The largest absolute Gasteiger partial charge is 0.454 e. The lowest BCUT2D eigenvalue weighted by Crippen LogP contribution is -2.61. The van der Waals surface area contributed by atoms with Gasteiger partial charge in [-0.2, -0.15) is 0 Å². The molecule has 73 heavy (non-hydrogen) atoms. The van der Waals surface area contributed by atoms with Crippen molar-refractivity contribution in [2.24, 2.45) is 0 Å². The summed E-state index contributed by atoms with van der Waals surface area (Å²) in [5.74, 6) is -1.22. The van der Waals surface area contributed by atoms with Crippen LogP contribution in [0, 0.1) is 0 Å². The maximum absolute atomic E-state index is 13.4. The van der Waals surface area contributed by atoms with Gasteiger partial charge in [-0.25, -0.2) is 0 Å². The number of amides is 1. The molecule has 8 atom stereocenters. The Morgan fingerprint density at radius 2 is 0.945 bits per heavy atom. The van der Waals surface area contributed by atoms with Crippen molar-refractivity contribution >= 4 is 11.9 Å². The molecule has 424 valence electrons. The molecule has 1 fully saturated rings. The number of carbonyl (C=O) groups is 2. The summed E-state index contributed by atoms with van der Waals surface area (Å²) in [5, 5.41) is 56.9. The lowest BCUT2D eigenvalue weighted by atomic mass is 9.99. The van der Waals surface area contributed by atoms with Crippen LogP contribution in [0.5, 0.6) is 0 Å². The van der Waals surface area contributed by atoms with E-state index in [-0.39, 0.29) is 13.0 Å². The van der Waals surface area contributed by atoms with Crippen LogP contribution in [0.2, 0.25) is 0 Å². The molecule has 8 unspecified atom stereocenters. The molecule has 0 aromatic carbocycles. The third-order valence-electron chi connectivity index (χ3n) is 13.9. The number of nitrogens with one attached hydrogen (secondary N) is 1. The molecular weight excluding hydrogens is 919 g/mol. The molecule has 0 saturated carbocycles. The molecule has 6 N–H and O–H groups in total. The van der Waals surface area contributed by atoms with Gasteiger partial charge in [-0.05, 0) is 70.6 Å². The highest BCUT2D eigenvalue weighted by Crippen LogP contribution is 2.26. The van der Waals surface area contributed by atoms with Gasteiger partial charge in [0, 0.05) is 6.42 Å². The van der Waals surface area contributed by atoms with E-state index >= 15 is 0 Å². The van der Waals surface area contributed by atoms with Crippen molar-refractivity contribution in [3.8, 4) is 0 Å². The Morgan fingerprint density at radius 1 is 0.534 bits per heavy atom. The summed E-state index contributed by atoms with van der Waals surface area (Å²) >= 11 is 0. The maximum Gasteiger partial charge on any atom is 0.306 e. The number of rotatable bonds is 50. The summed E-state index contributed by atoms with van der Waals surface area (Å²) in [4.78, 5) is 26.5. The van der Waals surface area contributed by atoms with Crippen LogP contribution in [0.3, 0.4) is 0 Å². The fourth-order valence-corrected chi connectivity index (χ4v) is 9.10. The standard InChI is InChI=1S/C62H111NO10/c1-4-7-10-13-16-19-22-25-26-27-28-29-30-32-35-38-41-44-47-50-57(67)73-60-59(69)58(68)56(51-64)72-62(60)71-52-53(54(65)48-45-42-39-36-33-24-21-18-15-12-9-6-3)63-61(70)55(66)49-46-43-40-37-34-31-23-20-17-14-11-8-5-2/h16,19,25-26,28-29,32,35,45,48,53-56,58-60,62,64-66,68-69H,4-15,17-18,20-24,27,30-31,33-34,36-44,46-47,49-52H2,1-3H3,(H,63,70)/b19-16-,26-25-,29-28-,35-32-,48-45+. The van der Waals surface area contributed by atoms with E-state index in [1.54, 1.807) is 6.08 Å². The van der Waals surface area contributed by atoms with E-state index in [9.17, 15) is 35.1 Å². The van der Waals surface area contributed by atoms with Gasteiger partial charge in [0.25, 0.3) is 0 Å². The zero-order valence-electron chi connectivity index (χ0n) is 46.7. The molecule has 1 saturated heterocycles. The summed E-state index contributed by atoms with van der Waals surface area (Å²) in [6.45, 7) is 5.74. The van der Waals surface area contributed by atoms with Crippen molar-refractivity contribution in [1.82, 2.24) is 5.32 Å². The zero-order valence-corrected chi connectivity index (χ0v) is 46.7. The number of allylic oxidation sites excluding steroid dienone is 9. The molecule has 11 nitrogen and oxygen atoms in total. The fraction of sp³-hybridized carbons (Fsp3) is 0.806. The third kappa shape index (κ3) is 38.5. The van der Waals surface area contributed by atoms with Gasteiger partial charge in [0.15, 0.2) is 12.4 Å². The van der Waals surface area contributed by atoms with E-state index in [0.717, 1.165) is 77.0 Å². The molecule has 0 radical (unpaired) electrons. The lowest BCUT2D eigenvalue weighted by molar-refractivity contribution is -0.305. The van der Waals surface area contributed by atoms with Crippen LogP contribution in [-0.4, -0.2) is 99.6 Å². The van der Waals surface area contributed by atoms with Gasteiger partial charge < -0.3 is 45.1 Å². The predicted molar refractivity (Wildman–Crippen MR) is 301 cm³/mol. The molecule has 0 aromatic heterocycles. The second-order valence-corrected chi connectivity index (χ2v) is 20.7. The summed E-state index contributed by atoms with van der Waals surface area (Å²) in [7, 11) is 0. The monoisotopic (exact) mass is 1030 g/mol. The zero-order chi connectivity index (χ0) is 53.3. The number of aliphatic hydroxyl groups excluding tert-OH is 5. The summed E-state index contributed by atoms with van der Waals surface area (Å²) < 4.78 is 17.6. The van der Waals surface area contributed by atoms with Gasteiger partial charge in [-0.1, -0.05) is 242 Å². The number of unbranched alkanes of at least 4 members (excludes halogenated alkanes) is 28. The second kappa shape index (κ2) is 50.2. The SMILES string of the molecule is CCCCC/C=C\C/C=C\C/C=C\C/C=C\CCCCCC(=O)OC1C(OCC(NC(=O)C(O)CCCCCCCCCCCCCCC)C(O)/C=C/CCCCCCCCCCCC)OC(CO)C(O)C1O. The van der Waals surface area contributed by atoms with E-state index in [4.69, 9.17) is 14.2 Å². The highest BCUT2D eigenvalue weighted by Gasteiger charge is 2.47. The number of aliphatic hydroxyl groups is 5. The highest BCUT2D eigenvalue weighted by molar-refractivity contribution is 5.80. The average Bonchev–Trinajstić information content (AvgIpc) is 3.39. The van der Waals surface area contributed by atoms with Crippen molar-refractivity contribution in [3.63, 3.8) is 0 Å². The summed E-state index contributed by atoms with van der Waals surface area (Å²) in [5.41, 5.74) is 0. The Balaban J connectivity index is 2.72. The van der Waals surface area contributed by atoms with Gasteiger partial charge in [0.05, 0.1) is 25.4 Å². The fourth-order valence-electron chi connectivity index (χ4n) is 9.10. The first-order valence-electron chi connectivity index (χ1n) is 30.1. The smallest absolute Gasteiger partial charge is 0.306 e. The number of esters is 1. The normalized spacial score (nSPS) is 19.8. The van der Waals surface area contributed by atoms with Crippen molar-refractivity contribution < 1.29 is 49.3 Å². The molecule has 1 heterocycles.